The lowest BCUT2D eigenvalue weighted by Gasteiger charge is -1.83. The van der Waals surface area contributed by atoms with Gasteiger partial charge in [-0.15, -0.1) is 0 Å². The van der Waals surface area contributed by atoms with Gasteiger partial charge in [0.05, 0.1) is 19.4 Å². The van der Waals surface area contributed by atoms with E-state index in [9.17, 15) is 4.79 Å². The number of carbonyl (C=O) groups excluding carboxylic acids is 1. The average molecular weight is 165 g/mol. The van der Waals surface area contributed by atoms with Gasteiger partial charge < -0.3 is 4.74 Å². The molecule has 0 amide bonds. The fraction of sp³-hybridized carbons (Fsp3) is 0.143. The largest absolute Gasteiger partial charge is 0.465 e. The minimum Gasteiger partial charge on any atom is -0.465 e. The first kappa shape index (κ1) is 8.23. The average Bonchev–Trinajstić information content (AvgIpc) is 2.57. The number of H-pyrrole nitrogens is 1. The molecule has 1 aromatic heterocycles. The van der Waals surface area contributed by atoms with Crippen LogP contribution >= 0.6 is 0 Å². The van der Waals surface area contributed by atoms with Crippen LogP contribution in [0.25, 0.3) is 0 Å². The van der Waals surface area contributed by atoms with Crippen LogP contribution in [-0.2, 0) is 9.53 Å². The van der Waals surface area contributed by atoms with Crippen LogP contribution in [0.5, 0.6) is 0 Å². The van der Waals surface area contributed by atoms with Crippen LogP contribution in [0.2, 0.25) is 0 Å². The van der Waals surface area contributed by atoms with E-state index < -0.39 is 5.97 Å². The van der Waals surface area contributed by atoms with Crippen molar-refractivity contribution in [3.8, 4) is 0 Å². The first-order chi connectivity index (χ1) is 5.83. The van der Waals surface area contributed by atoms with Gasteiger partial charge in [0.25, 0.3) is 0 Å². The van der Waals surface area contributed by atoms with Gasteiger partial charge >= 0.3 is 5.97 Å². The molecule has 5 nitrogen and oxygen atoms in total. The first-order valence-corrected chi connectivity index (χ1v) is 3.19. The van der Waals surface area contributed by atoms with Crippen LogP contribution in [0.15, 0.2) is 23.3 Å². The van der Waals surface area contributed by atoms with E-state index in [0.29, 0.717) is 5.82 Å². The highest BCUT2D eigenvalue weighted by Gasteiger charge is 1.88. The Hall–Kier alpha value is -1.87. The van der Waals surface area contributed by atoms with Crippen molar-refractivity contribution in [2.24, 2.45) is 4.99 Å². The standard InChI is InChI=1S/C7H7N3O2/c1-12-7(11)3-4-8-6-2-5-9-10-6/h2-3,5H,1H3,(H,9,10). The molecular formula is C7H7N3O2. The number of nitrogens with zero attached hydrogens (tertiary/aromatic N) is 2. The molecule has 1 heterocycles. The summed E-state index contributed by atoms with van der Waals surface area (Å²) < 4.78 is 4.33. The number of hydrogen-bond acceptors (Lipinski definition) is 4. The van der Waals surface area contributed by atoms with Crippen molar-refractivity contribution < 1.29 is 9.53 Å². The quantitative estimate of drug-likeness (QED) is 0.392. The smallest absolute Gasteiger partial charge is 0.339 e. The molecule has 0 saturated carbocycles. The van der Waals surface area contributed by atoms with Crippen LogP contribution in [0, 0.1) is 0 Å². The molecule has 1 rings (SSSR count). The van der Waals surface area contributed by atoms with E-state index in [4.69, 9.17) is 0 Å². The second-order valence-corrected chi connectivity index (χ2v) is 1.85. The van der Waals surface area contributed by atoms with Gasteiger partial charge in [0.15, 0.2) is 5.82 Å². The van der Waals surface area contributed by atoms with Gasteiger partial charge in [-0.1, -0.05) is 0 Å². The number of ether oxygens (including phenoxy) is 1. The number of nitrogens with one attached hydrogen (secondary N) is 1. The summed E-state index contributed by atoms with van der Waals surface area (Å²) in [6.45, 7) is 0. The number of aromatic amines is 1. The van der Waals surface area contributed by atoms with Gasteiger partial charge in [-0.05, 0) is 5.87 Å². The van der Waals surface area contributed by atoms with Crippen molar-refractivity contribution in [1.29, 1.82) is 0 Å². The third kappa shape index (κ3) is 2.40. The summed E-state index contributed by atoms with van der Waals surface area (Å²) in [7, 11) is 1.29. The Balaban J connectivity index is 2.62. The van der Waals surface area contributed by atoms with E-state index in [-0.39, 0.29) is 0 Å². The lowest BCUT2D eigenvalue weighted by molar-refractivity contribution is -0.134. The highest BCUT2D eigenvalue weighted by molar-refractivity contribution is 5.91. The van der Waals surface area contributed by atoms with Gasteiger partial charge in [0.2, 0.25) is 0 Å². The molecule has 0 fully saturated rings. The molecule has 0 saturated heterocycles. The third-order valence-corrected chi connectivity index (χ3v) is 1.05. The third-order valence-electron chi connectivity index (χ3n) is 1.05. The predicted molar refractivity (Wildman–Crippen MR) is 42.3 cm³/mol. The van der Waals surface area contributed by atoms with Crippen molar-refractivity contribution in [3.63, 3.8) is 0 Å². The Bertz CT molecular complexity index is 309. The molecule has 0 unspecified atom stereocenters. The molecule has 1 aromatic rings. The van der Waals surface area contributed by atoms with E-state index in [1.54, 1.807) is 12.3 Å². The van der Waals surface area contributed by atoms with Gasteiger partial charge in [-0.3, -0.25) is 5.10 Å². The molecule has 0 aromatic carbocycles. The second kappa shape index (κ2) is 4.10. The van der Waals surface area contributed by atoms with E-state index >= 15 is 0 Å². The number of hydrogen-bond donors (Lipinski definition) is 1. The highest BCUT2D eigenvalue weighted by Crippen LogP contribution is 2.00. The minimum atomic E-state index is -0.488. The zero-order valence-corrected chi connectivity index (χ0v) is 6.44. The molecule has 0 aliphatic carbocycles. The van der Waals surface area contributed by atoms with Gasteiger partial charge in [0.1, 0.15) is 0 Å². The van der Waals surface area contributed by atoms with Gasteiger partial charge in [-0.2, -0.15) is 10.1 Å². The zero-order valence-electron chi connectivity index (χ0n) is 6.44. The van der Waals surface area contributed by atoms with Crippen LogP contribution in [0.4, 0.5) is 5.82 Å². The Kier molecular flexibility index (Phi) is 2.81. The summed E-state index contributed by atoms with van der Waals surface area (Å²) in [6.07, 6.45) is 2.65. The zero-order chi connectivity index (χ0) is 8.81. The van der Waals surface area contributed by atoms with Crippen molar-refractivity contribution >= 4 is 17.7 Å². The molecule has 1 N–H and O–H groups in total. The number of esters is 1. The fourth-order valence-corrected chi connectivity index (χ4v) is 0.524. The lowest BCUT2D eigenvalue weighted by Crippen LogP contribution is -1.93. The number of rotatable bonds is 2. The molecule has 0 atom stereocenters. The summed E-state index contributed by atoms with van der Waals surface area (Å²) in [4.78, 5) is 14.2. The van der Waals surface area contributed by atoms with Crippen LogP contribution in [0.1, 0.15) is 0 Å². The van der Waals surface area contributed by atoms with E-state index in [1.165, 1.54) is 7.11 Å². The number of methoxy groups -OCH3 is 1. The van der Waals surface area contributed by atoms with Crippen molar-refractivity contribution in [2.45, 2.75) is 0 Å². The summed E-state index contributed by atoms with van der Waals surface area (Å²) in [6, 6.07) is 1.65. The number of aromatic nitrogens is 2. The maximum Gasteiger partial charge on any atom is 0.339 e. The molecule has 62 valence electrons. The molecule has 12 heavy (non-hydrogen) atoms. The number of aliphatic imine (C=N–C) groups is 1. The summed E-state index contributed by atoms with van der Waals surface area (Å²) >= 11 is 0. The molecule has 5 heteroatoms. The normalized spacial score (nSPS) is 8.42. The van der Waals surface area contributed by atoms with Crippen molar-refractivity contribution in [1.82, 2.24) is 10.2 Å². The Morgan fingerprint density at radius 2 is 2.75 bits per heavy atom. The lowest BCUT2D eigenvalue weighted by atomic mass is 10.6. The van der Waals surface area contributed by atoms with Gasteiger partial charge in [0, 0.05) is 6.07 Å². The van der Waals surface area contributed by atoms with Crippen LogP contribution in [-0.4, -0.2) is 29.1 Å². The predicted octanol–water partition coefficient (Wildman–Crippen LogP) is 0.440. The second-order valence-electron chi connectivity index (χ2n) is 1.85. The fourth-order valence-electron chi connectivity index (χ4n) is 0.524. The van der Waals surface area contributed by atoms with Crippen LogP contribution < -0.4 is 0 Å². The summed E-state index contributed by atoms with van der Waals surface area (Å²) in [5, 5.41) is 6.23. The molecular weight excluding hydrogens is 158 g/mol. The summed E-state index contributed by atoms with van der Waals surface area (Å²) in [5.74, 6) is 2.44. The SMILES string of the molecule is COC(=O)C=C=Nc1ccn[nH]1. The summed E-state index contributed by atoms with van der Waals surface area (Å²) in [5.41, 5.74) is 0. The first-order valence-electron chi connectivity index (χ1n) is 3.19. The molecule has 0 radical (unpaired) electrons. The Morgan fingerprint density at radius 1 is 1.92 bits per heavy atom. The van der Waals surface area contributed by atoms with Crippen molar-refractivity contribution in [2.75, 3.05) is 7.11 Å². The van der Waals surface area contributed by atoms with E-state index in [0.717, 1.165) is 6.08 Å². The highest BCUT2D eigenvalue weighted by atomic mass is 16.5. The van der Waals surface area contributed by atoms with E-state index in [2.05, 4.69) is 25.8 Å². The monoisotopic (exact) mass is 165 g/mol. The molecule has 0 aliphatic rings. The van der Waals surface area contributed by atoms with Crippen LogP contribution in [0.3, 0.4) is 0 Å². The molecule has 0 aliphatic heterocycles. The maximum absolute atomic E-state index is 10.5. The minimum absolute atomic E-state index is 0.488. The molecule has 0 spiro atoms. The Labute approximate surface area is 68.8 Å². The van der Waals surface area contributed by atoms with E-state index in [1.807, 2.05) is 0 Å². The maximum atomic E-state index is 10.5. The number of carbonyl (C=O) groups is 1. The Morgan fingerprint density at radius 3 is 3.33 bits per heavy atom. The van der Waals surface area contributed by atoms with Gasteiger partial charge in [-0.25, -0.2) is 4.79 Å². The topological polar surface area (TPSA) is 67.3 Å². The van der Waals surface area contributed by atoms with Crippen molar-refractivity contribution in [3.05, 3.63) is 18.3 Å². The molecule has 0 bridgehead atoms.